The Morgan fingerprint density at radius 1 is 1.48 bits per heavy atom. The fraction of sp³-hybridized carbons (Fsp3) is 0.286. The molecule has 1 heterocycles. The van der Waals surface area contributed by atoms with Gasteiger partial charge in [0.15, 0.2) is 5.84 Å². The minimum Gasteiger partial charge on any atom is -0.409 e. The third-order valence-corrected chi connectivity index (χ3v) is 3.82. The smallest absolute Gasteiger partial charge is 0.170 e. The van der Waals surface area contributed by atoms with Crippen molar-refractivity contribution in [2.75, 3.05) is 7.05 Å². The van der Waals surface area contributed by atoms with Gasteiger partial charge in [-0.05, 0) is 20.0 Å². The van der Waals surface area contributed by atoms with E-state index in [4.69, 9.17) is 10.9 Å². The SMILES string of the molecule is Cc1nc(CN(C)Cc2ccc(C(N)=NO)cc2F)cs1. The lowest BCUT2D eigenvalue weighted by atomic mass is 10.1. The third-order valence-electron chi connectivity index (χ3n) is 3.00. The van der Waals surface area contributed by atoms with Gasteiger partial charge in [0.2, 0.25) is 0 Å². The normalized spacial score (nSPS) is 12.1. The number of thiazole rings is 1. The van der Waals surface area contributed by atoms with Gasteiger partial charge in [0.25, 0.3) is 0 Å². The minimum atomic E-state index is -0.375. The highest BCUT2D eigenvalue weighted by molar-refractivity contribution is 7.09. The molecule has 0 amide bonds. The molecule has 112 valence electrons. The van der Waals surface area contributed by atoms with E-state index in [-0.39, 0.29) is 11.7 Å². The van der Waals surface area contributed by atoms with Gasteiger partial charge in [-0.2, -0.15) is 0 Å². The molecule has 0 radical (unpaired) electrons. The first-order valence-electron chi connectivity index (χ1n) is 6.35. The van der Waals surface area contributed by atoms with Crippen molar-refractivity contribution in [2.45, 2.75) is 20.0 Å². The molecule has 0 aliphatic carbocycles. The molecule has 0 aliphatic heterocycles. The van der Waals surface area contributed by atoms with Crippen LogP contribution in [0.2, 0.25) is 0 Å². The van der Waals surface area contributed by atoms with Gasteiger partial charge in [-0.1, -0.05) is 17.3 Å². The van der Waals surface area contributed by atoms with Gasteiger partial charge in [-0.15, -0.1) is 11.3 Å². The monoisotopic (exact) mass is 308 g/mol. The zero-order valence-electron chi connectivity index (χ0n) is 11.9. The van der Waals surface area contributed by atoms with Gasteiger partial charge in [-0.3, -0.25) is 4.90 Å². The molecule has 0 spiro atoms. The number of oxime groups is 1. The molecular formula is C14H17FN4OS. The van der Waals surface area contributed by atoms with Crippen LogP contribution in [0.1, 0.15) is 21.8 Å². The predicted molar refractivity (Wildman–Crippen MR) is 80.9 cm³/mol. The van der Waals surface area contributed by atoms with E-state index in [2.05, 4.69) is 10.1 Å². The number of nitrogens with two attached hydrogens (primary N) is 1. The van der Waals surface area contributed by atoms with E-state index in [1.54, 1.807) is 23.5 Å². The molecule has 3 N–H and O–H groups in total. The molecular weight excluding hydrogens is 291 g/mol. The van der Waals surface area contributed by atoms with Gasteiger partial charge >= 0.3 is 0 Å². The minimum absolute atomic E-state index is 0.105. The van der Waals surface area contributed by atoms with Crippen molar-refractivity contribution in [3.63, 3.8) is 0 Å². The number of amidine groups is 1. The summed E-state index contributed by atoms with van der Waals surface area (Å²) in [5, 5.41) is 14.5. The number of aryl methyl sites for hydroxylation is 1. The Labute approximate surface area is 126 Å². The summed E-state index contributed by atoms with van der Waals surface area (Å²) in [7, 11) is 1.91. The first-order chi connectivity index (χ1) is 9.99. The van der Waals surface area contributed by atoms with E-state index in [0.29, 0.717) is 24.2 Å². The average molecular weight is 308 g/mol. The lowest BCUT2D eigenvalue weighted by molar-refractivity contribution is 0.310. The summed E-state index contributed by atoms with van der Waals surface area (Å²) in [6.07, 6.45) is 0. The topological polar surface area (TPSA) is 74.7 Å². The van der Waals surface area contributed by atoms with E-state index in [1.807, 2.05) is 24.3 Å². The molecule has 0 saturated carbocycles. The van der Waals surface area contributed by atoms with E-state index in [9.17, 15) is 4.39 Å². The van der Waals surface area contributed by atoms with Crippen LogP contribution in [0.5, 0.6) is 0 Å². The van der Waals surface area contributed by atoms with E-state index in [1.165, 1.54) is 6.07 Å². The van der Waals surface area contributed by atoms with Crippen LogP contribution < -0.4 is 5.73 Å². The first kappa shape index (κ1) is 15.4. The molecule has 0 fully saturated rings. The zero-order chi connectivity index (χ0) is 15.4. The Balaban J connectivity index is 2.05. The number of hydrogen-bond acceptors (Lipinski definition) is 5. The summed E-state index contributed by atoms with van der Waals surface area (Å²) in [6, 6.07) is 4.55. The van der Waals surface area contributed by atoms with Crippen LogP contribution in [0.15, 0.2) is 28.7 Å². The molecule has 2 rings (SSSR count). The average Bonchev–Trinajstić information content (AvgIpc) is 2.85. The number of rotatable bonds is 5. The quantitative estimate of drug-likeness (QED) is 0.385. The molecule has 0 bridgehead atoms. The first-order valence-corrected chi connectivity index (χ1v) is 7.23. The van der Waals surface area contributed by atoms with Crippen molar-refractivity contribution in [1.29, 1.82) is 0 Å². The molecule has 7 heteroatoms. The fourth-order valence-electron chi connectivity index (χ4n) is 2.00. The van der Waals surface area contributed by atoms with Crippen LogP contribution >= 0.6 is 11.3 Å². The van der Waals surface area contributed by atoms with Crippen molar-refractivity contribution in [3.8, 4) is 0 Å². The third kappa shape index (κ3) is 3.99. The molecule has 0 aliphatic rings. The van der Waals surface area contributed by atoms with Crippen molar-refractivity contribution in [1.82, 2.24) is 9.88 Å². The summed E-state index contributed by atoms with van der Waals surface area (Å²) in [4.78, 5) is 6.37. The van der Waals surface area contributed by atoms with Crippen LogP contribution in [0.3, 0.4) is 0 Å². The van der Waals surface area contributed by atoms with Crippen LogP contribution in [0, 0.1) is 12.7 Å². The predicted octanol–water partition coefficient (Wildman–Crippen LogP) is 2.32. The molecule has 21 heavy (non-hydrogen) atoms. The Morgan fingerprint density at radius 2 is 2.24 bits per heavy atom. The Morgan fingerprint density at radius 3 is 2.81 bits per heavy atom. The largest absolute Gasteiger partial charge is 0.409 e. The van der Waals surface area contributed by atoms with E-state index in [0.717, 1.165) is 10.7 Å². The van der Waals surface area contributed by atoms with E-state index >= 15 is 0 Å². The number of benzene rings is 1. The highest BCUT2D eigenvalue weighted by Crippen LogP contribution is 2.15. The summed E-state index contributed by atoms with van der Waals surface area (Å²) >= 11 is 1.60. The highest BCUT2D eigenvalue weighted by Gasteiger charge is 2.10. The van der Waals surface area contributed by atoms with Crippen molar-refractivity contribution in [2.24, 2.45) is 10.9 Å². The summed E-state index contributed by atoms with van der Waals surface area (Å²) < 4.78 is 14.0. The maximum absolute atomic E-state index is 14.0. The van der Waals surface area contributed by atoms with Crippen molar-refractivity contribution < 1.29 is 9.60 Å². The van der Waals surface area contributed by atoms with Gasteiger partial charge in [0, 0.05) is 29.6 Å². The van der Waals surface area contributed by atoms with Gasteiger partial charge in [0.1, 0.15) is 5.82 Å². The summed E-state index contributed by atoms with van der Waals surface area (Å²) in [5.74, 6) is -0.479. The highest BCUT2D eigenvalue weighted by atomic mass is 32.1. The number of hydrogen-bond donors (Lipinski definition) is 2. The molecule has 1 aromatic heterocycles. The van der Waals surface area contributed by atoms with Gasteiger partial charge in [-0.25, -0.2) is 9.37 Å². The second kappa shape index (κ2) is 6.64. The van der Waals surface area contributed by atoms with Crippen LogP contribution in [0.4, 0.5) is 4.39 Å². The number of aromatic nitrogens is 1. The van der Waals surface area contributed by atoms with Gasteiger partial charge in [0.05, 0.1) is 10.7 Å². The maximum atomic E-state index is 14.0. The van der Waals surface area contributed by atoms with Crippen LogP contribution in [0.25, 0.3) is 0 Å². The van der Waals surface area contributed by atoms with Crippen LogP contribution in [-0.2, 0) is 13.1 Å². The van der Waals surface area contributed by atoms with E-state index < -0.39 is 0 Å². The standard InChI is InChI=1S/C14H17FN4OS/c1-9-17-12(8-21-9)7-19(2)6-11-4-3-10(5-13(11)15)14(16)18-20/h3-5,8,20H,6-7H2,1-2H3,(H2,16,18). The van der Waals surface area contributed by atoms with Gasteiger partial charge < -0.3 is 10.9 Å². The second-order valence-corrected chi connectivity index (χ2v) is 5.88. The maximum Gasteiger partial charge on any atom is 0.170 e. The molecule has 5 nitrogen and oxygen atoms in total. The molecule has 0 unspecified atom stereocenters. The molecule has 0 saturated heterocycles. The van der Waals surface area contributed by atoms with Crippen LogP contribution in [-0.4, -0.2) is 28.0 Å². The number of halogens is 1. The Kier molecular flexibility index (Phi) is 4.87. The lowest BCUT2D eigenvalue weighted by Crippen LogP contribution is -2.19. The zero-order valence-corrected chi connectivity index (χ0v) is 12.7. The number of nitrogens with zero attached hydrogens (tertiary/aromatic N) is 3. The molecule has 2 aromatic rings. The fourth-order valence-corrected chi connectivity index (χ4v) is 2.60. The van der Waals surface area contributed by atoms with Crippen molar-refractivity contribution in [3.05, 3.63) is 51.2 Å². The Bertz CT molecular complexity index is 656. The summed E-state index contributed by atoms with van der Waals surface area (Å²) in [6.45, 7) is 3.07. The summed E-state index contributed by atoms with van der Waals surface area (Å²) in [5.41, 5.74) is 7.33. The second-order valence-electron chi connectivity index (χ2n) is 4.82. The van der Waals surface area contributed by atoms with Crippen molar-refractivity contribution >= 4 is 17.2 Å². The molecule has 1 aromatic carbocycles. The molecule has 0 atom stereocenters. The Hall–Kier alpha value is -1.99. The lowest BCUT2D eigenvalue weighted by Gasteiger charge is -2.16.